The lowest BCUT2D eigenvalue weighted by Crippen LogP contribution is -2.25. The van der Waals surface area contributed by atoms with E-state index in [1.54, 1.807) is 7.11 Å². The number of nitrogens with one attached hydrogen (secondary N) is 1. The Balaban J connectivity index is 1.90. The Morgan fingerprint density at radius 2 is 2.25 bits per heavy atom. The standard InChI is InChI=1S/C13H18ClNO/c1-16-9-12-7-10(8-15-12)6-11-4-2-3-5-13(11)14/h2-5,10,12,15H,6-9H2,1H3. The lowest BCUT2D eigenvalue weighted by molar-refractivity contribution is 0.172. The third-order valence-electron chi connectivity index (χ3n) is 3.15. The summed E-state index contributed by atoms with van der Waals surface area (Å²) < 4.78 is 5.16. The third-order valence-corrected chi connectivity index (χ3v) is 3.52. The van der Waals surface area contributed by atoms with Gasteiger partial charge in [0.2, 0.25) is 0 Å². The predicted molar refractivity (Wildman–Crippen MR) is 66.9 cm³/mol. The number of benzene rings is 1. The largest absolute Gasteiger partial charge is 0.383 e. The van der Waals surface area contributed by atoms with Crippen LogP contribution in [0.15, 0.2) is 24.3 Å². The van der Waals surface area contributed by atoms with Gasteiger partial charge in [-0.15, -0.1) is 0 Å². The molecule has 1 fully saturated rings. The Kier molecular flexibility index (Phi) is 4.22. The maximum atomic E-state index is 6.16. The van der Waals surface area contributed by atoms with Gasteiger partial charge < -0.3 is 10.1 Å². The Labute approximate surface area is 102 Å². The summed E-state index contributed by atoms with van der Waals surface area (Å²) in [5.74, 6) is 0.681. The summed E-state index contributed by atoms with van der Waals surface area (Å²) in [6, 6.07) is 8.62. The summed E-state index contributed by atoms with van der Waals surface area (Å²) in [5, 5.41) is 4.37. The highest BCUT2D eigenvalue weighted by atomic mass is 35.5. The zero-order chi connectivity index (χ0) is 11.4. The molecule has 16 heavy (non-hydrogen) atoms. The van der Waals surface area contributed by atoms with E-state index in [4.69, 9.17) is 16.3 Å². The second kappa shape index (κ2) is 5.67. The Morgan fingerprint density at radius 1 is 1.44 bits per heavy atom. The molecule has 0 spiro atoms. The fraction of sp³-hybridized carbons (Fsp3) is 0.538. The van der Waals surface area contributed by atoms with Gasteiger partial charge in [0.05, 0.1) is 6.61 Å². The summed E-state index contributed by atoms with van der Waals surface area (Å²) >= 11 is 6.16. The van der Waals surface area contributed by atoms with Crippen molar-refractivity contribution in [3.8, 4) is 0 Å². The molecular formula is C13H18ClNO. The molecule has 2 unspecified atom stereocenters. The molecule has 1 aromatic rings. The molecule has 2 nitrogen and oxygen atoms in total. The van der Waals surface area contributed by atoms with Crippen molar-refractivity contribution < 1.29 is 4.74 Å². The number of halogens is 1. The molecular weight excluding hydrogens is 222 g/mol. The average Bonchev–Trinajstić information content (AvgIpc) is 2.70. The fourth-order valence-electron chi connectivity index (χ4n) is 2.36. The molecule has 88 valence electrons. The van der Waals surface area contributed by atoms with Crippen LogP contribution in [-0.2, 0) is 11.2 Å². The Morgan fingerprint density at radius 3 is 3.00 bits per heavy atom. The molecule has 1 heterocycles. The second-order valence-electron chi connectivity index (χ2n) is 4.46. The van der Waals surface area contributed by atoms with E-state index in [0.29, 0.717) is 12.0 Å². The van der Waals surface area contributed by atoms with Crippen LogP contribution in [0.4, 0.5) is 0 Å². The van der Waals surface area contributed by atoms with Crippen LogP contribution in [0.5, 0.6) is 0 Å². The minimum atomic E-state index is 0.512. The van der Waals surface area contributed by atoms with Gasteiger partial charge >= 0.3 is 0 Å². The van der Waals surface area contributed by atoms with Crippen molar-refractivity contribution in [2.75, 3.05) is 20.3 Å². The van der Waals surface area contributed by atoms with E-state index in [-0.39, 0.29) is 0 Å². The topological polar surface area (TPSA) is 21.3 Å². The summed E-state index contributed by atoms with van der Waals surface area (Å²) in [5.41, 5.74) is 1.26. The number of hydrogen-bond donors (Lipinski definition) is 1. The van der Waals surface area contributed by atoms with Crippen LogP contribution < -0.4 is 5.32 Å². The van der Waals surface area contributed by atoms with Crippen LogP contribution in [0, 0.1) is 5.92 Å². The monoisotopic (exact) mass is 239 g/mol. The van der Waals surface area contributed by atoms with E-state index in [0.717, 1.165) is 24.6 Å². The summed E-state index contributed by atoms with van der Waals surface area (Å²) in [6.07, 6.45) is 2.24. The van der Waals surface area contributed by atoms with Crippen molar-refractivity contribution >= 4 is 11.6 Å². The molecule has 1 saturated heterocycles. The number of hydrogen-bond acceptors (Lipinski definition) is 2. The highest BCUT2D eigenvalue weighted by Gasteiger charge is 2.24. The van der Waals surface area contributed by atoms with Gasteiger partial charge in [-0.05, 0) is 36.9 Å². The van der Waals surface area contributed by atoms with Crippen molar-refractivity contribution in [3.63, 3.8) is 0 Å². The van der Waals surface area contributed by atoms with E-state index >= 15 is 0 Å². The summed E-state index contributed by atoms with van der Waals surface area (Å²) in [4.78, 5) is 0. The van der Waals surface area contributed by atoms with Crippen LogP contribution in [0.1, 0.15) is 12.0 Å². The lowest BCUT2D eigenvalue weighted by atomic mass is 9.97. The number of ether oxygens (including phenoxy) is 1. The van der Waals surface area contributed by atoms with Crippen molar-refractivity contribution in [2.45, 2.75) is 18.9 Å². The van der Waals surface area contributed by atoms with Crippen LogP contribution in [0.3, 0.4) is 0 Å². The van der Waals surface area contributed by atoms with Crippen LogP contribution in [0.2, 0.25) is 5.02 Å². The first-order valence-electron chi connectivity index (χ1n) is 5.75. The van der Waals surface area contributed by atoms with Crippen LogP contribution in [-0.4, -0.2) is 26.3 Å². The average molecular weight is 240 g/mol. The van der Waals surface area contributed by atoms with Crippen molar-refractivity contribution in [3.05, 3.63) is 34.9 Å². The van der Waals surface area contributed by atoms with Crippen molar-refractivity contribution in [1.82, 2.24) is 5.32 Å². The summed E-state index contributed by atoms with van der Waals surface area (Å²) in [6.45, 7) is 1.87. The van der Waals surface area contributed by atoms with Gasteiger partial charge in [-0.3, -0.25) is 0 Å². The predicted octanol–water partition coefficient (Wildman–Crippen LogP) is 2.51. The quantitative estimate of drug-likeness (QED) is 0.872. The zero-order valence-electron chi connectivity index (χ0n) is 9.58. The van der Waals surface area contributed by atoms with E-state index in [1.807, 2.05) is 12.1 Å². The van der Waals surface area contributed by atoms with E-state index in [1.165, 1.54) is 12.0 Å². The number of methoxy groups -OCH3 is 1. The minimum Gasteiger partial charge on any atom is -0.383 e. The molecule has 1 aliphatic rings. The first-order valence-corrected chi connectivity index (χ1v) is 6.13. The van der Waals surface area contributed by atoms with Crippen LogP contribution >= 0.6 is 11.6 Å². The molecule has 3 heteroatoms. The molecule has 2 atom stereocenters. The first-order chi connectivity index (χ1) is 7.79. The molecule has 0 saturated carbocycles. The number of rotatable bonds is 4. The minimum absolute atomic E-state index is 0.512. The highest BCUT2D eigenvalue weighted by Crippen LogP contribution is 2.23. The first kappa shape index (κ1) is 11.9. The van der Waals surface area contributed by atoms with Gasteiger partial charge in [0, 0.05) is 18.2 Å². The Hall–Kier alpha value is -0.570. The van der Waals surface area contributed by atoms with Crippen molar-refractivity contribution in [1.29, 1.82) is 0 Å². The van der Waals surface area contributed by atoms with Gasteiger partial charge in [-0.1, -0.05) is 29.8 Å². The van der Waals surface area contributed by atoms with Gasteiger partial charge in [0.25, 0.3) is 0 Å². The van der Waals surface area contributed by atoms with E-state index < -0.39 is 0 Å². The molecule has 0 aromatic heterocycles. The zero-order valence-corrected chi connectivity index (χ0v) is 10.3. The maximum Gasteiger partial charge on any atom is 0.0615 e. The molecule has 1 N–H and O–H groups in total. The molecule has 0 radical (unpaired) electrons. The fourth-order valence-corrected chi connectivity index (χ4v) is 2.57. The molecule has 0 aliphatic carbocycles. The van der Waals surface area contributed by atoms with E-state index in [9.17, 15) is 0 Å². The SMILES string of the molecule is COCC1CC(Cc2ccccc2Cl)CN1. The highest BCUT2D eigenvalue weighted by molar-refractivity contribution is 6.31. The molecule has 0 amide bonds. The van der Waals surface area contributed by atoms with Crippen molar-refractivity contribution in [2.24, 2.45) is 5.92 Å². The van der Waals surface area contributed by atoms with Gasteiger partial charge in [0.1, 0.15) is 0 Å². The third kappa shape index (κ3) is 2.97. The van der Waals surface area contributed by atoms with E-state index in [2.05, 4.69) is 17.4 Å². The Bertz CT molecular complexity index is 342. The molecule has 0 bridgehead atoms. The van der Waals surface area contributed by atoms with Gasteiger partial charge in [0.15, 0.2) is 0 Å². The van der Waals surface area contributed by atoms with Gasteiger partial charge in [-0.2, -0.15) is 0 Å². The molecule has 1 aliphatic heterocycles. The summed E-state index contributed by atoms with van der Waals surface area (Å²) in [7, 11) is 1.75. The molecule has 2 rings (SSSR count). The lowest BCUT2D eigenvalue weighted by Gasteiger charge is -2.10. The molecule has 1 aromatic carbocycles. The second-order valence-corrected chi connectivity index (χ2v) is 4.86. The van der Waals surface area contributed by atoms with Crippen LogP contribution in [0.25, 0.3) is 0 Å². The maximum absolute atomic E-state index is 6.16. The smallest absolute Gasteiger partial charge is 0.0615 e. The normalized spacial score (nSPS) is 24.9. The van der Waals surface area contributed by atoms with Gasteiger partial charge in [-0.25, -0.2) is 0 Å².